The van der Waals surface area contributed by atoms with Gasteiger partial charge >= 0.3 is 5.97 Å². The van der Waals surface area contributed by atoms with Gasteiger partial charge in [-0.05, 0) is 73.7 Å². The highest BCUT2D eigenvalue weighted by molar-refractivity contribution is 7.97. The summed E-state index contributed by atoms with van der Waals surface area (Å²) in [5.41, 5.74) is 3.52. The van der Waals surface area contributed by atoms with Gasteiger partial charge in [-0.1, -0.05) is 32.1 Å². The quantitative estimate of drug-likeness (QED) is 0.345. The van der Waals surface area contributed by atoms with Gasteiger partial charge in [0.25, 0.3) is 5.91 Å². The van der Waals surface area contributed by atoms with E-state index in [2.05, 4.69) is 47.2 Å². The standard InChI is InChI=1S/C25H31N5O4S/c1-8-34-24(32)19-14-30(29-28-19)20-11-16(10-9-15(20)2)23(31)27-18-12-17(25(3,4)5)13-21(35-26-6)22(18)33-7/h9-14,26H,8H2,1-7H3,(H,27,31). The molecule has 1 heterocycles. The van der Waals surface area contributed by atoms with Crippen LogP contribution in [0.15, 0.2) is 41.4 Å². The average molecular weight is 498 g/mol. The zero-order valence-corrected chi connectivity index (χ0v) is 21.9. The number of hydrogen-bond acceptors (Lipinski definition) is 8. The van der Waals surface area contributed by atoms with Crippen molar-refractivity contribution in [2.75, 3.05) is 26.1 Å². The summed E-state index contributed by atoms with van der Waals surface area (Å²) in [6.45, 7) is 10.2. The molecule has 0 aliphatic heterocycles. The zero-order chi connectivity index (χ0) is 25.8. The molecule has 0 saturated carbocycles. The van der Waals surface area contributed by atoms with Gasteiger partial charge in [0.1, 0.15) is 0 Å². The van der Waals surface area contributed by atoms with Gasteiger partial charge in [-0.15, -0.1) is 5.10 Å². The summed E-state index contributed by atoms with van der Waals surface area (Å²) in [7, 11) is 3.41. The van der Waals surface area contributed by atoms with Gasteiger partial charge in [0.2, 0.25) is 0 Å². The van der Waals surface area contributed by atoms with Crippen molar-refractivity contribution >= 4 is 29.5 Å². The van der Waals surface area contributed by atoms with Crippen molar-refractivity contribution in [2.24, 2.45) is 0 Å². The van der Waals surface area contributed by atoms with Crippen LogP contribution in [-0.2, 0) is 10.2 Å². The van der Waals surface area contributed by atoms with E-state index in [4.69, 9.17) is 9.47 Å². The molecule has 0 unspecified atom stereocenters. The van der Waals surface area contributed by atoms with Crippen LogP contribution in [0.1, 0.15) is 59.7 Å². The van der Waals surface area contributed by atoms with E-state index in [-0.39, 0.29) is 23.6 Å². The monoisotopic (exact) mass is 497 g/mol. The number of anilines is 1. The van der Waals surface area contributed by atoms with Crippen molar-refractivity contribution in [1.29, 1.82) is 0 Å². The topological polar surface area (TPSA) is 107 Å². The number of amides is 1. The Morgan fingerprint density at radius 1 is 1.17 bits per heavy atom. The summed E-state index contributed by atoms with van der Waals surface area (Å²) in [6, 6.07) is 9.26. The van der Waals surface area contributed by atoms with E-state index >= 15 is 0 Å². The number of carbonyl (C=O) groups excluding carboxylic acids is 2. The van der Waals surface area contributed by atoms with Gasteiger partial charge in [-0.25, -0.2) is 9.48 Å². The fraction of sp³-hybridized carbons (Fsp3) is 0.360. The lowest BCUT2D eigenvalue weighted by Crippen LogP contribution is -2.17. The number of benzene rings is 2. The first-order valence-electron chi connectivity index (χ1n) is 11.2. The third-order valence-electron chi connectivity index (χ3n) is 5.28. The normalized spacial score (nSPS) is 11.3. The summed E-state index contributed by atoms with van der Waals surface area (Å²) in [5.74, 6) is -0.276. The second-order valence-electron chi connectivity index (χ2n) is 8.84. The Hall–Kier alpha value is -3.37. The molecule has 0 saturated heterocycles. The number of methoxy groups -OCH3 is 1. The molecule has 0 atom stereocenters. The molecule has 3 aromatic rings. The molecule has 2 aromatic carbocycles. The highest BCUT2D eigenvalue weighted by atomic mass is 32.2. The van der Waals surface area contributed by atoms with E-state index in [1.807, 2.05) is 26.1 Å². The molecule has 35 heavy (non-hydrogen) atoms. The van der Waals surface area contributed by atoms with Crippen LogP contribution in [0, 0.1) is 6.92 Å². The van der Waals surface area contributed by atoms with E-state index in [0.29, 0.717) is 22.7 Å². The summed E-state index contributed by atoms with van der Waals surface area (Å²) in [6.07, 6.45) is 1.49. The highest BCUT2D eigenvalue weighted by Gasteiger charge is 2.22. The van der Waals surface area contributed by atoms with Crippen LogP contribution in [0.4, 0.5) is 5.69 Å². The first-order chi connectivity index (χ1) is 16.6. The first-order valence-corrected chi connectivity index (χ1v) is 12.0. The van der Waals surface area contributed by atoms with Gasteiger partial charge in [0.15, 0.2) is 11.4 Å². The van der Waals surface area contributed by atoms with E-state index in [1.165, 1.54) is 22.8 Å². The van der Waals surface area contributed by atoms with E-state index in [0.717, 1.165) is 16.0 Å². The molecule has 2 N–H and O–H groups in total. The van der Waals surface area contributed by atoms with Crippen LogP contribution >= 0.6 is 11.9 Å². The third-order valence-corrected chi connectivity index (χ3v) is 6.01. The molecular weight excluding hydrogens is 466 g/mol. The van der Waals surface area contributed by atoms with Gasteiger partial charge in [-0.3, -0.25) is 9.52 Å². The minimum Gasteiger partial charge on any atom is -0.493 e. The van der Waals surface area contributed by atoms with E-state index < -0.39 is 5.97 Å². The van der Waals surface area contributed by atoms with Crippen LogP contribution in [0.5, 0.6) is 5.75 Å². The zero-order valence-electron chi connectivity index (χ0n) is 21.1. The number of aryl methyl sites for hydroxylation is 1. The Bertz CT molecular complexity index is 1230. The highest BCUT2D eigenvalue weighted by Crippen LogP contribution is 2.39. The Labute approximate surface area is 209 Å². The summed E-state index contributed by atoms with van der Waals surface area (Å²) in [4.78, 5) is 26.1. The van der Waals surface area contributed by atoms with Crippen molar-refractivity contribution < 1.29 is 19.1 Å². The van der Waals surface area contributed by atoms with Gasteiger partial charge in [-0.2, -0.15) is 0 Å². The fourth-order valence-electron chi connectivity index (χ4n) is 3.40. The molecule has 1 amide bonds. The SMILES string of the molecule is CCOC(=O)c1cn(-c2cc(C(=O)Nc3cc(C(C)(C)C)cc(SNC)c3OC)ccc2C)nn1. The Morgan fingerprint density at radius 3 is 2.54 bits per heavy atom. The van der Waals surface area contributed by atoms with E-state index in [1.54, 1.807) is 26.2 Å². The molecule has 3 rings (SSSR count). The lowest BCUT2D eigenvalue weighted by Gasteiger charge is -2.23. The number of rotatable bonds is 8. The average Bonchev–Trinajstić information content (AvgIpc) is 3.29. The second kappa shape index (κ2) is 10.9. The predicted octanol–water partition coefficient (Wildman–Crippen LogP) is 4.54. The maximum atomic E-state index is 13.3. The maximum Gasteiger partial charge on any atom is 0.360 e. The second-order valence-corrected chi connectivity index (χ2v) is 9.89. The smallest absolute Gasteiger partial charge is 0.360 e. The Kier molecular flexibility index (Phi) is 8.18. The summed E-state index contributed by atoms with van der Waals surface area (Å²) in [5, 5.41) is 10.9. The maximum absolute atomic E-state index is 13.3. The number of nitrogens with zero attached hydrogens (tertiary/aromatic N) is 3. The molecule has 0 spiro atoms. The van der Waals surface area contributed by atoms with Crippen molar-refractivity contribution in [3.05, 3.63) is 58.9 Å². The minimum absolute atomic E-state index is 0.0967. The van der Waals surface area contributed by atoms with Crippen LogP contribution < -0.4 is 14.8 Å². The van der Waals surface area contributed by atoms with Gasteiger partial charge in [0, 0.05) is 5.56 Å². The molecule has 0 fully saturated rings. The number of esters is 1. The first kappa shape index (κ1) is 26.2. The molecule has 0 aliphatic rings. The fourth-order valence-corrected chi connectivity index (χ4v) is 4.09. The number of aromatic nitrogens is 3. The summed E-state index contributed by atoms with van der Waals surface area (Å²) < 4.78 is 15.2. The largest absolute Gasteiger partial charge is 0.493 e. The van der Waals surface area contributed by atoms with Crippen molar-refractivity contribution in [1.82, 2.24) is 19.7 Å². The molecule has 1 aromatic heterocycles. The third kappa shape index (κ3) is 6.01. The lowest BCUT2D eigenvalue weighted by molar-refractivity contribution is 0.0519. The molecule has 10 heteroatoms. The molecular formula is C25H31N5O4S. The summed E-state index contributed by atoms with van der Waals surface area (Å²) >= 11 is 1.42. The number of carbonyl (C=O) groups is 2. The Morgan fingerprint density at radius 2 is 1.91 bits per heavy atom. The van der Waals surface area contributed by atoms with Gasteiger partial charge in [0.05, 0.1) is 36.2 Å². The molecule has 9 nitrogen and oxygen atoms in total. The number of hydrogen-bond donors (Lipinski definition) is 2. The van der Waals surface area contributed by atoms with Crippen molar-refractivity contribution in [2.45, 2.75) is 44.9 Å². The van der Waals surface area contributed by atoms with Crippen LogP contribution in [0.2, 0.25) is 0 Å². The van der Waals surface area contributed by atoms with Crippen molar-refractivity contribution in [3.63, 3.8) is 0 Å². The molecule has 0 aliphatic carbocycles. The van der Waals surface area contributed by atoms with Crippen LogP contribution in [-0.4, -0.2) is 47.6 Å². The number of nitrogens with one attached hydrogen (secondary N) is 2. The Balaban J connectivity index is 1.96. The molecule has 0 radical (unpaired) electrons. The van der Waals surface area contributed by atoms with Crippen LogP contribution in [0.25, 0.3) is 5.69 Å². The molecule has 186 valence electrons. The molecule has 0 bridgehead atoms. The van der Waals surface area contributed by atoms with E-state index in [9.17, 15) is 9.59 Å². The van der Waals surface area contributed by atoms with Gasteiger partial charge < -0.3 is 14.8 Å². The predicted molar refractivity (Wildman–Crippen MR) is 137 cm³/mol. The van der Waals surface area contributed by atoms with Crippen molar-refractivity contribution in [3.8, 4) is 11.4 Å². The minimum atomic E-state index is -0.550. The van der Waals surface area contributed by atoms with Crippen LogP contribution in [0.3, 0.4) is 0 Å². The lowest BCUT2D eigenvalue weighted by atomic mass is 9.86. The number of ether oxygens (including phenoxy) is 2.